The van der Waals surface area contributed by atoms with Crippen molar-refractivity contribution in [3.8, 4) is 0 Å². The Morgan fingerprint density at radius 2 is 1.94 bits per heavy atom. The molecule has 0 aliphatic heterocycles. The minimum Gasteiger partial charge on any atom is -0.366 e. The quantitative estimate of drug-likeness (QED) is 0.760. The monoisotopic (exact) mass is 220 g/mol. The number of benzene rings is 1. The molecule has 88 valence electrons. The van der Waals surface area contributed by atoms with Gasteiger partial charge in [-0.3, -0.25) is 4.79 Å². The highest BCUT2D eigenvalue weighted by Crippen LogP contribution is 2.22. The van der Waals surface area contributed by atoms with Crippen molar-refractivity contribution in [3.05, 3.63) is 34.9 Å². The van der Waals surface area contributed by atoms with Crippen molar-refractivity contribution < 1.29 is 9.53 Å². The molecular formula is C14H20O2. The van der Waals surface area contributed by atoms with E-state index in [9.17, 15) is 4.79 Å². The Bertz CT molecular complexity index is 369. The summed E-state index contributed by atoms with van der Waals surface area (Å²) in [6.07, 6.45) is 0.117. The normalized spacial score (nSPS) is 12.5. The van der Waals surface area contributed by atoms with Gasteiger partial charge in [0.25, 0.3) is 0 Å². The van der Waals surface area contributed by atoms with E-state index in [1.165, 1.54) is 11.1 Å². The average Bonchev–Trinajstić information content (AvgIpc) is 2.29. The summed E-state index contributed by atoms with van der Waals surface area (Å²) in [5.74, 6) is 0.144. The zero-order valence-corrected chi connectivity index (χ0v) is 10.5. The first-order valence-electron chi connectivity index (χ1n) is 5.81. The Morgan fingerprint density at radius 1 is 1.25 bits per heavy atom. The predicted octanol–water partition coefficient (Wildman–Crippen LogP) is 3.36. The van der Waals surface area contributed by atoms with Crippen LogP contribution >= 0.6 is 0 Å². The lowest BCUT2D eigenvalue weighted by molar-refractivity contribution is -0.130. The Kier molecular flexibility index (Phi) is 4.69. The molecule has 0 aliphatic carbocycles. The molecule has 16 heavy (non-hydrogen) atoms. The van der Waals surface area contributed by atoms with Gasteiger partial charge in [-0.25, -0.2) is 0 Å². The molecule has 1 aromatic carbocycles. The van der Waals surface area contributed by atoms with Gasteiger partial charge >= 0.3 is 0 Å². The third kappa shape index (κ3) is 2.92. The van der Waals surface area contributed by atoms with Crippen LogP contribution in [0, 0.1) is 13.8 Å². The van der Waals surface area contributed by atoms with Gasteiger partial charge in [0, 0.05) is 13.0 Å². The molecule has 1 unspecified atom stereocenters. The lowest BCUT2D eigenvalue weighted by atomic mass is 9.99. The molecular weight excluding hydrogens is 200 g/mol. The molecule has 0 radical (unpaired) electrons. The smallest absolute Gasteiger partial charge is 0.165 e. The first-order valence-corrected chi connectivity index (χ1v) is 5.81. The summed E-state index contributed by atoms with van der Waals surface area (Å²) in [5.41, 5.74) is 3.41. The van der Waals surface area contributed by atoms with Gasteiger partial charge in [-0.2, -0.15) is 0 Å². The summed E-state index contributed by atoms with van der Waals surface area (Å²) in [7, 11) is 0. The highest BCUT2D eigenvalue weighted by molar-refractivity contribution is 5.84. The zero-order valence-electron chi connectivity index (χ0n) is 10.5. The van der Waals surface area contributed by atoms with Gasteiger partial charge in [0.05, 0.1) is 0 Å². The third-order valence-electron chi connectivity index (χ3n) is 2.81. The van der Waals surface area contributed by atoms with Crippen molar-refractivity contribution in [2.45, 2.75) is 40.2 Å². The lowest BCUT2D eigenvalue weighted by Crippen LogP contribution is -2.15. The van der Waals surface area contributed by atoms with Crippen molar-refractivity contribution in [3.63, 3.8) is 0 Å². The van der Waals surface area contributed by atoms with E-state index in [4.69, 9.17) is 4.74 Å². The molecule has 0 bridgehead atoms. The van der Waals surface area contributed by atoms with E-state index in [0.717, 1.165) is 5.56 Å². The van der Waals surface area contributed by atoms with Crippen molar-refractivity contribution >= 4 is 5.78 Å². The summed E-state index contributed by atoms with van der Waals surface area (Å²) >= 11 is 0. The van der Waals surface area contributed by atoms with Gasteiger partial charge in [-0.15, -0.1) is 0 Å². The number of ether oxygens (including phenoxy) is 1. The molecule has 1 atom stereocenters. The molecule has 0 saturated heterocycles. The van der Waals surface area contributed by atoms with Crippen LogP contribution in [-0.2, 0) is 9.53 Å². The molecule has 1 rings (SSSR count). The van der Waals surface area contributed by atoms with Crippen molar-refractivity contribution in [2.75, 3.05) is 6.61 Å². The number of ketones is 1. The summed E-state index contributed by atoms with van der Waals surface area (Å²) < 4.78 is 5.53. The fourth-order valence-corrected chi connectivity index (χ4v) is 1.65. The predicted molar refractivity (Wildman–Crippen MR) is 65.6 cm³/mol. The van der Waals surface area contributed by atoms with Gasteiger partial charge in [0.2, 0.25) is 0 Å². The number of aryl methyl sites for hydroxylation is 2. The van der Waals surface area contributed by atoms with Crippen molar-refractivity contribution in [2.24, 2.45) is 0 Å². The van der Waals surface area contributed by atoms with E-state index in [0.29, 0.717) is 13.0 Å². The largest absolute Gasteiger partial charge is 0.366 e. The molecule has 0 N–H and O–H groups in total. The molecule has 0 aliphatic rings. The molecule has 0 saturated carbocycles. The Labute approximate surface area is 97.6 Å². The van der Waals surface area contributed by atoms with Crippen LogP contribution in [0.2, 0.25) is 0 Å². The third-order valence-corrected chi connectivity index (χ3v) is 2.81. The molecule has 0 heterocycles. The molecule has 1 aromatic rings. The summed E-state index contributed by atoms with van der Waals surface area (Å²) in [6.45, 7) is 8.46. The first kappa shape index (κ1) is 12.9. The van der Waals surface area contributed by atoms with Gasteiger partial charge < -0.3 is 4.74 Å². The molecule has 0 fully saturated rings. The Balaban J connectivity index is 3.01. The van der Waals surface area contributed by atoms with Crippen molar-refractivity contribution in [1.29, 1.82) is 0 Å². The van der Waals surface area contributed by atoms with E-state index in [2.05, 4.69) is 13.8 Å². The SMILES string of the molecule is CCOC(C(=O)CC)c1ccc(C)c(C)c1. The number of Topliss-reactive ketones (excluding diaryl/α,β-unsaturated/α-hetero) is 1. The van der Waals surface area contributed by atoms with Crippen molar-refractivity contribution in [1.82, 2.24) is 0 Å². The Morgan fingerprint density at radius 3 is 2.44 bits per heavy atom. The number of carbonyl (C=O) groups excluding carboxylic acids is 1. The highest BCUT2D eigenvalue weighted by Gasteiger charge is 2.19. The lowest BCUT2D eigenvalue weighted by Gasteiger charge is -2.16. The van der Waals surface area contributed by atoms with E-state index in [-0.39, 0.29) is 5.78 Å². The molecule has 2 heteroatoms. The fourth-order valence-electron chi connectivity index (χ4n) is 1.65. The maximum absolute atomic E-state index is 11.8. The van der Waals surface area contributed by atoms with Crippen LogP contribution in [0.5, 0.6) is 0 Å². The van der Waals surface area contributed by atoms with Gasteiger partial charge in [0.15, 0.2) is 5.78 Å². The topological polar surface area (TPSA) is 26.3 Å². The average molecular weight is 220 g/mol. The second-order valence-electron chi connectivity index (χ2n) is 4.00. The van der Waals surface area contributed by atoms with E-state index in [1.807, 2.05) is 32.0 Å². The number of hydrogen-bond acceptors (Lipinski definition) is 2. The number of rotatable bonds is 5. The summed E-state index contributed by atoms with van der Waals surface area (Å²) in [4.78, 5) is 11.8. The second kappa shape index (κ2) is 5.80. The van der Waals surface area contributed by atoms with Crippen LogP contribution in [0.15, 0.2) is 18.2 Å². The van der Waals surface area contributed by atoms with Gasteiger partial charge in [0.1, 0.15) is 6.10 Å². The molecule has 2 nitrogen and oxygen atoms in total. The molecule has 0 aromatic heterocycles. The maximum Gasteiger partial charge on any atom is 0.165 e. The molecule has 0 amide bonds. The van der Waals surface area contributed by atoms with Gasteiger partial charge in [-0.1, -0.05) is 25.1 Å². The summed E-state index contributed by atoms with van der Waals surface area (Å²) in [6, 6.07) is 6.07. The molecule has 0 spiro atoms. The minimum atomic E-state index is -0.394. The highest BCUT2D eigenvalue weighted by atomic mass is 16.5. The standard InChI is InChI=1S/C14H20O2/c1-5-13(15)14(16-6-2)12-8-7-10(3)11(4)9-12/h7-9,14H,5-6H2,1-4H3. The van der Waals surface area contributed by atoms with Crippen LogP contribution in [0.4, 0.5) is 0 Å². The Hall–Kier alpha value is -1.15. The van der Waals surface area contributed by atoms with Crippen LogP contribution in [0.3, 0.4) is 0 Å². The summed E-state index contributed by atoms with van der Waals surface area (Å²) in [5, 5.41) is 0. The van der Waals surface area contributed by atoms with E-state index < -0.39 is 6.10 Å². The van der Waals surface area contributed by atoms with E-state index >= 15 is 0 Å². The maximum atomic E-state index is 11.8. The number of carbonyl (C=O) groups is 1. The van der Waals surface area contributed by atoms with Crippen LogP contribution < -0.4 is 0 Å². The van der Waals surface area contributed by atoms with Crippen LogP contribution in [0.1, 0.15) is 43.1 Å². The second-order valence-corrected chi connectivity index (χ2v) is 4.00. The van der Waals surface area contributed by atoms with Crippen LogP contribution in [-0.4, -0.2) is 12.4 Å². The van der Waals surface area contributed by atoms with Crippen LogP contribution in [0.25, 0.3) is 0 Å². The van der Waals surface area contributed by atoms with Gasteiger partial charge in [-0.05, 0) is 37.5 Å². The fraction of sp³-hybridized carbons (Fsp3) is 0.500. The zero-order chi connectivity index (χ0) is 12.1. The minimum absolute atomic E-state index is 0.144. The van der Waals surface area contributed by atoms with E-state index in [1.54, 1.807) is 0 Å². The number of hydrogen-bond donors (Lipinski definition) is 0. The first-order chi connectivity index (χ1) is 7.60.